The van der Waals surface area contributed by atoms with Gasteiger partial charge in [-0.3, -0.25) is 9.19 Å². The SMILES string of the molecule is CCCCc1nc2cncc(C)c2n1CCCS(C)=O. The van der Waals surface area contributed by atoms with E-state index in [2.05, 4.69) is 23.4 Å². The molecule has 2 rings (SSSR count). The van der Waals surface area contributed by atoms with Crippen molar-refractivity contribution in [2.75, 3.05) is 12.0 Å². The maximum Gasteiger partial charge on any atom is 0.109 e. The largest absolute Gasteiger partial charge is 0.328 e. The second-order valence-electron chi connectivity index (χ2n) is 5.24. The van der Waals surface area contributed by atoms with Crippen LogP contribution in [0.4, 0.5) is 0 Å². The molecule has 0 fully saturated rings. The highest BCUT2D eigenvalue weighted by Gasteiger charge is 2.12. The van der Waals surface area contributed by atoms with Crippen molar-refractivity contribution in [1.82, 2.24) is 14.5 Å². The van der Waals surface area contributed by atoms with Gasteiger partial charge in [-0.2, -0.15) is 0 Å². The number of fused-ring (bicyclic) bond motifs is 1. The van der Waals surface area contributed by atoms with Crippen molar-refractivity contribution >= 4 is 21.8 Å². The minimum Gasteiger partial charge on any atom is -0.328 e. The van der Waals surface area contributed by atoms with Gasteiger partial charge in [0.15, 0.2) is 0 Å². The fourth-order valence-corrected chi connectivity index (χ4v) is 3.03. The van der Waals surface area contributed by atoms with Gasteiger partial charge >= 0.3 is 0 Å². The molecule has 20 heavy (non-hydrogen) atoms. The van der Waals surface area contributed by atoms with Crippen LogP contribution in [0.5, 0.6) is 0 Å². The molecule has 0 N–H and O–H groups in total. The van der Waals surface area contributed by atoms with E-state index in [1.54, 1.807) is 6.26 Å². The summed E-state index contributed by atoms with van der Waals surface area (Å²) >= 11 is 0. The molecule has 0 aromatic carbocycles. The number of hydrogen-bond donors (Lipinski definition) is 0. The summed E-state index contributed by atoms with van der Waals surface area (Å²) in [4.78, 5) is 8.96. The lowest BCUT2D eigenvalue weighted by Gasteiger charge is -2.09. The van der Waals surface area contributed by atoms with Crippen LogP contribution in [0, 0.1) is 6.92 Å². The van der Waals surface area contributed by atoms with Gasteiger partial charge in [0.1, 0.15) is 11.3 Å². The van der Waals surface area contributed by atoms with Crippen LogP contribution < -0.4 is 0 Å². The van der Waals surface area contributed by atoms with E-state index in [0.717, 1.165) is 48.5 Å². The van der Waals surface area contributed by atoms with E-state index in [1.807, 2.05) is 12.4 Å². The molecule has 2 aromatic rings. The lowest BCUT2D eigenvalue weighted by Crippen LogP contribution is -2.08. The first kappa shape index (κ1) is 15.2. The highest BCUT2D eigenvalue weighted by molar-refractivity contribution is 7.84. The van der Waals surface area contributed by atoms with Crippen LogP contribution in [0.25, 0.3) is 11.0 Å². The maximum absolute atomic E-state index is 11.2. The number of unbranched alkanes of at least 4 members (excludes halogenated alkanes) is 1. The van der Waals surface area contributed by atoms with Gasteiger partial charge in [0, 0.05) is 42.0 Å². The monoisotopic (exact) mass is 293 g/mol. The molecule has 4 nitrogen and oxygen atoms in total. The van der Waals surface area contributed by atoms with E-state index in [9.17, 15) is 4.21 Å². The Balaban J connectivity index is 2.32. The van der Waals surface area contributed by atoms with Crippen LogP contribution in [0.2, 0.25) is 0 Å². The summed E-state index contributed by atoms with van der Waals surface area (Å²) in [5.74, 6) is 1.89. The molecule has 2 heterocycles. The predicted molar refractivity (Wildman–Crippen MR) is 84.4 cm³/mol. The summed E-state index contributed by atoms with van der Waals surface area (Å²) < 4.78 is 13.5. The van der Waals surface area contributed by atoms with E-state index in [1.165, 1.54) is 11.9 Å². The fourth-order valence-electron chi connectivity index (χ4n) is 2.50. The van der Waals surface area contributed by atoms with E-state index in [0.29, 0.717) is 0 Å². The summed E-state index contributed by atoms with van der Waals surface area (Å²) in [6, 6.07) is 0. The molecule has 0 saturated carbocycles. The number of nitrogens with zero attached hydrogens (tertiary/aromatic N) is 3. The third kappa shape index (κ3) is 3.45. The summed E-state index contributed by atoms with van der Waals surface area (Å²) in [5.41, 5.74) is 3.33. The molecule has 0 saturated heterocycles. The molecule has 5 heteroatoms. The number of rotatable bonds is 7. The van der Waals surface area contributed by atoms with E-state index >= 15 is 0 Å². The molecule has 0 aliphatic carbocycles. The lowest BCUT2D eigenvalue weighted by molar-refractivity contribution is 0.629. The predicted octanol–water partition coefficient (Wildman–Crippen LogP) is 2.85. The molecule has 0 radical (unpaired) electrons. The number of aromatic nitrogens is 3. The van der Waals surface area contributed by atoms with E-state index in [4.69, 9.17) is 4.98 Å². The van der Waals surface area contributed by atoms with Crippen LogP contribution in [-0.4, -0.2) is 30.8 Å². The summed E-state index contributed by atoms with van der Waals surface area (Å²) in [7, 11) is -0.724. The lowest BCUT2D eigenvalue weighted by atomic mass is 10.2. The van der Waals surface area contributed by atoms with Gasteiger partial charge in [-0.05, 0) is 25.3 Å². The highest BCUT2D eigenvalue weighted by atomic mass is 32.2. The number of aryl methyl sites for hydroxylation is 3. The molecular formula is C15H23N3OS. The molecule has 2 aromatic heterocycles. The average molecular weight is 293 g/mol. The second-order valence-corrected chi connectivity index (χ2v) is 6.79. The Labute approximate surface area is 123 Å². The zero-order valence-corrected chi connectivity index (χ0v) is 13.4. The Kier molecular flexibility index (Phi) is 5.29. The van der Waals surface area contributed by atoms with Crippen molar-refractivity contribution in [3.8, 4) is 0 Å². The smallest absolute Gasteiger partial charge is 0.109 e. The molecule has 1 atom stereocenters. The third-order valence-corrected chi connectivity index (χ3v) is 4.34. The second kappa shape index (κ2) is 6.97. The van der Waals surface area contributed by atoms with Gasteiger partial charge in [-0.1, -0.05) is 13.3 Å². The molecule has 0 aliphatic rings. The molecular weight excluding hydrogens is 270 g/mol. The molecule has 0 spiro atoms. The van der Waals surface area contributed by atoms with Crippen molar-refractivity contribution in [1.29, 1.82) is 0 Å². The Bertz CT molecular complexity index is 606. The van der Waals surface area contributed by atoms with Gasteiger partial charge in [0.25, 0.3) is 0 Å². The Hall–Kier alpha value is -1.23. The maximum atomic E-state index is 11.2. The zero-order chi connectivity index (χ0) is 14.5. The van der Waals surface area contributed by atoms with Crippen LogP contribution in [0.15, 0.2) is 12.4 Å². The van der Waals surface area contributed by atoms with Gasteiger partial charge < -0.3 is 4.57 Å². The first-order chi connectivity index (χ1) is 9.63. The summed E-state index contributed by atoms with van der Waals surface area (Å²) in [6.07, 6.45) is 9.73. The highest BCUT2D eigenvalue weighted by Crippen LogP contribution is 2.20. The molecule has 0 bridgehead atoms. The third-order valence-electron chi connectivity index (χ3n) is 3.48. The standard InChI is InChI=1S/C15H23N3OS/c1-4-5-7-14-17-13-11-16-10-12(2)15(13)18(14)8-6-9-20(3)19/h10-11H,4-9H2,1-3H3. The molecule has 0 aliphatic heterocycles. The van der Waals surface area contributed by atoms with Crippen molar-refractivity contribution in [3.05, 3.63) is 23.8 Å². The van der Waals surface area contributed by atoms with Crippen LogP contribution in [0.1, 0.15) is 37.6 Å². The first-order valence-electron chi connectivity index (χ1n) is 7.23. The van der Waals surface area contributed by atoms with Crippen LogP contribution in [-0.2, 0) is 23.8 Å². The molecule has 1 unspecified atom stereocenters. The Morgan fingerprint density at radius 1 is 1.30 bits per heavy atom. The Morgan fingerprint density at radius 3 is 2.80 bits per heavy atom. The summed E-state index contributed by atoms with van der Waals surface area (Å²) in [6.45, 7) is 5.16. The van der Waals surface area contributed by atoms with Crippen molar-refractivity contribution in [2.45, 2.75) is 46.1 Å². The number of pyridine rings is 1. The fraction of sp³-hybridized carbons (Fsp3) is 0.600. The Morgan fingerprint density at radius 2 is 2.10 bits per heavy atom. The van der Waals surface area contributed by atoms with Gasteiger partial charge in [-0.15, -0.1) is 0 Å². The summed E-state index contributed by atoms with van der Waals surface area (Å²) in [5, 5.41) is 0. The average Bonchev–Trinajstić information content (AvgIpc) is 2.75. The number of hydrogen-bond acceptors (Lipinski definition) is 3. The minimum atomic E-state index is -0.724. The minimum absolute atomic E-state index is 0.724. The van der Waals surface area contributed by atoms with Crippen molar-refractivity contribution < 1.29 is 4.21 Å². The zero-order valence-electron chi connectivity index (χ0n) is 12.6. The van der Waals surface area contributed by atoms with E-state index in [-0.39, 0.29) is 0 Å². The van der Waals surface area contributed by atoms with Gasteiger partial charge in [0.05, 0.1) is 11.7 Å². The number of imidazole rings is 1. The topological polar surface area (TPSA) is 47.8 Å². The van der Waals surface area contributed by atoms with Crippen LogP contribution in [0.3, 0.4) is 0 Å². The van der Waals surface area contributed by atoms with Gasteiger partial charge in [-0.25, -0.2) is 4.98 Å². The van der Waals surface area contributed by atoms with Crippen molar-refractivity contribution in [2.24, 2.45) is 0 Å². The van der Waals surface area contributed by atoms with E-state index < -0.39 is 10.8 Å². The molecule has 110 valence electrons. The van der Waals surface area contributed by atoms with Gasteiger partial charge in [0.2, 0.25) is 0 Å². The quantitative estimate of drug-likeness (QED) is 0.788. The first-order valence-corrected chi connectivity index (χ1v) is 8.96. The van der Waals surface area contributed by atoms with Crippen LogP contribution >= 0.6 is 0 Å². The van der Waals surface area contributed by atoms with Crippen molar-refractivity contribution in [3.63, 3.8) is 0 Å². The normalized spacial score (nSPS) is 12.9. The molecule has 0 amide bonds.